The van der Waals surface area contributed by atoms with E-state index in [-0.39, 0.29) is 0 Å². The summed E-state index contributed by atoms with van der Waals surface area (Å²) in [6, 6.07) is 16.8. The Hall–Kier alpha value is -3.48. The van der Waals surface area contributed by atoms with Crippen molar-refractivity contribution in [2.75, 3.05) is 24.3 Å². The molecule has 4 aromatic rings. The van der Waals surface area contributed by atoms with Gasteiger partial charge >= 0.3 is 6.18 Å². The van der Waals surface area contributed by atoms with Crippen molar-refractivity contribution in [3.8, 4) is 11.3 Å². The smallest absolute Gasteiger partial charge is 0.378 e. The van der Waals surface area contributed by atoms with E-state index < -0.39 is 11.7 Å². The zero-order chi connectivity index (χ0) is 20.6. The second-order valence-electron chi connectivity index (χ2n) is 6.99. The zero-order valence-electron chi connectivity index (χ0n) is 15.9. The first-order chi connectivity index (χ1) is 13.8. The molecule has 4 rings (SSSR count). The maximum atomic E-state index is 13.0. The number of pyridine rings is 1. The lowest BCUT2D eigenvalue weighted by Crippen LogP contribution is -2.08. The fraction of sp³-hybridized carbons (Fsp3) is 0.136. The molecule has 0 unspecified atom stereocenters. The van der Waals surface area contributed by atoms with E-state index in [2.05, 4.69) is 15.3 Å². The first-order valence-corrected chi connectivity index (χ1v) is 9.00. The first-order valence-electron chi connectivity index (χ1n) is 9.00. The number of anilines is 3. The minimum Gasteiger partial charge on any atom is -0.378 e. The highest BCUT2D eigenvalue weighted by Gasteiger charge is 2.30. The van der Waals surface area contributed by atoms with Crippen LogP contribution in [0, 0.1) is 0 Å². The summed E-state index contributed by atoms with van der Waals surface area (Å²) in [5.74, 6) is 0.644. The maximum Gasteiger partial charge on any atom is 0.416 e. The number of rotatable bonds is 4. The van der Waals surface area contributed by atoms with Gasteiger partial charge in [-0.05, 0) is 42.0 Å². The number of alkyl halides is 3. The van der Waals surface area contributed by atoms with Crippen molar-refractivity contribution in [2.24, 2.45) is 0 Å². The van der Waals surface area contributed by atoms with Gasteiger partial charge in [-0.2, -0.15) is 13.2 Å². The summed E-state index contributed by atoms with van der Waals surface area (Å²) in [6.07, 6.45) is -2.68. The monoisotopic (exact) mass is 396 g/mol. The summed E-state index contributed by atoms with van der Waals surface area (Å²) < 4.78 is 39.0. The number of hydrogen-bond donors (Lipinski definition) is 2. The van der Waals surface area contributed by atoms with Crippen LogP contribution in [0.2, 0.25) is 0 Å². The number of fused-ring (bicyclic) bond motifs is 1. The standard InChI is InChI=1S/C22H19F3N4/c1-29(2)18-8-4-7-17(11-18)27-21-12-20-15(13-26-21)10-19(28-20)14-5-3-6-16(9-14)22(23,24)25/h3-13,28H,1-2H3,(H,26,27). The SMILES string of the molecule is CN(C)c1cccc(Nc2cc3[nH]c(-c4cccc(C(F)(F)F)c4)cc3cn2)c1. The Morgan fingerprint density at radius 3 is 2.52 bits per heavy atom. The highest BCUT2D eigenvalue weighted by molar-refractivity contribution is 5.87. The molecule has 0 aliphatic carbocycles. The molecule has 0 saturated carbocycles. The molecule has 2 heterocycles. The molecule has 0 atom stereocenters. The molecule has 2 N–H and O–H groups in total. The highest BCUT2D eigenvalue weighted by atomic mass is 19.4. The fourth-order valence-electron chi connectivity index (χ4n) is 3.12. The van der Waals surface area contributed by atoms with Crippen LogP contribution in [0.1, 0.15) is 5.56 Å². The van der Waals surface area contributed by atoms with Gasteiger partial charge in [-0.3, -0.25) is 0 Å². The van der Waals surface area contributed by atoms with Crippen molar-refractivity contribution in [1.82, 2.24) is 9.97 Å². The number of aromatic nitrogens is 2. The van der Waals surface area contributed by atoms with Crippen LogP contribution in [0.4, 0.5) is 30.4 Å². The Kier molecular flexibility index (Phi) is 4.66. The van der Waals surface area contributed by atoms with Gasteiger partial charge in [0, 0.05) is 48.8 Å². The van der Waals surface area contributed by atoms with Crippen molar-refractivity contribution < 1.29 is 13.2 Å². The van der Waals surface area contributed by atoms with E-state index >= 15 is 0 Å². The summed E-state index contributed by atoms with van der Waals surface area (Å²) in [5.41, 5.74) is 3.16. The third-order valence-corrected chi connectivity index (χ3v) is 4.64. The van der Waals surface area contributed by atoms with Crippen LogP contribution in [0.15, 0.2) is 66.9 Å². The molecule has 29 heavy (non-hydrogen) atoms. The van der Waals surface area contributed by atoms with E-state index in [1.165, 1.54) is 6.07 Å². The van der Waals surface area contributed by atoms with Gasteiger partial charge in [0.15, 0.2) is 0 Å². The van der Waals surface area contributed by atoms with Crippen molar-refractivity contribution >= 4 is 28.1 Å². The molecule has 2 aromatic carbocycles. The molecule has 0 fully saturated rings. The van der Waals surface area contributed by atoms with E-state index in [4.69, 9.17) is 0 Å². The van der Waals surface area contributed by atoms with Crippen LogP contribution < -0.4 is 10.2 Å². The maximum absolute atomic E-state index is 13.0. The van der Waals surface area contributed by atoms with E-state index in [0.29, 0.717) is 17.1 Å². The molecule has 148 valence electrons. The summed E-state index contributed by atoms with van der Waals surface area (Å²) in [6.45, 7) is 0. The van der Waals surface area contributed by atoms with Crippen molar-refractivity contribution in [1.29, 1.82) is 0 Å². The molecule has 0 radical (unpaired) electrons. The Balaban J connectivity index is 1.64. The van der Waals surface area contributed by atoms with Crippen LogP contribution in [0.3, 0.4) is 0 Å². The lowest BCUT2D eigenvalue weighted by Gasteiger charge is -2.14. The number of nitrogens with zero attached hydrogens (tertiary/aromatic N) is 2. The third-order valence-electron chi connectivity index (χ3n) is 4.64. The number of halogens is 3. The van der Waals surface area contributed by atoms with E-state index in [9.17, 15) is 13.2 Å². The van der Waals surface area contributed by atoms with Crippen molar-refractivity contribution in [2.45, 2.75) is 6.18 Å². The topological polar surface area (TPSA) is 44.0 Å². The second-order valence-corrected chi connectivity index (χ2v) is 6.99. The lowest BCUT2D eigenvalue weighted by molar-refractivity contribution is -0.137. The Bertz CT molecular complexity index is 1160. The van der Waals surface area contributed by atoms with Crippen molar-refractivity contribution in [3.63, 3.8) is 0 Å². The number of benzene rings is 2. The Labute approximate surface area is 166 Å². The van der Waals surface area contributed by atoms with Crippen LogP contribution in [0.5, 0.6) is 0 Å². The molecule has 2 aromatic heterocycles. The van der Waals surface area contributed by atoms with Crippen LogP contribution in [-0.2, 0) is 6.18 Å². The predicted molar refractivity (Wildman–Crippen MR) is 111 cm³/mol. The van der Waals surface area contributed by atoms with Gasteiger partial charge in [-0.25, -0.2) is 4.98 Å². The molecular weight excluding hydrogens is 377 g/mol. The van der Waals surface area contributed by atoms with Gasteiger partial charge in [-0.1, -0.05) is 18.2 Å². The largest absolute Gasteiger partial charge is 0.416 e. The summed E-state index contributed by atoms with van der Waals surface area (Å²) in [5, 5.41) is 4.09. The van der Waals surface area contributed by atoms with Gasteiger partial charge in [0.1, 0.15) is 5.82 Å². The normalized spacial score (nSPS) is 11.6. The minimum absolute atomic E-state index is 0.476. The number of H-pyrrole nitrogens is 1. The van der Waals surface area contributed by atoms with Crippen LogP contribution in [-0.4, -0.2) is 24.1 Å². The number of hydrogen-bond acceptors (Lipinski definition) is 3. The zero-order valence-corrected chi connectivity index (χ0v) is 15.9. The molecule has 0 aliphatic heterocycles. The summed E-state index contributed by atoms with van der Waals surface area (Å²) in [4.78, 5) is 9.61. The third kappa shape index (κ3) is 4.03. The fourth-order valence-corrected chi connectivity index (χ4v) is 3.12. The summed E-state index contributed by atoms with van der Waals surface area (Å²) >= 11 is 0. The van der Waals surface area contributed by atoms with Gasteiger partial charge in [0.2, 0.25) is 0 Å². The van der Waals surface area contributed by atoms with Gasteiger partial charge in [0.05, 0.1) is 11.1 Å². The van der Waals surface area contributed by atoms with Gasteiger partial charge in [-0.15, -0.1) is 0 Å². The molecule has 0 spiro atoms. The van der Waals surface area contributed by atoms with Gasteiger partial charge in [0.25, 0.3) is 0 Å². The van der Waals surface area contributed by atoms with Crippen LogP contribution in [0.25, 0.3) is 22.2 Å². The Morgan fingerprint density at radius 2 is 1.76 bits per heavy atom. The minimum atomic E-state index is -4.37. The first kappa shape index (κ1) is 18.9. The average molecular weight is 396 g/mol. The molecule has 0 saturated heterocycles. The summed E-state index contributed by atoms with van der Waals surface area (Å²) in [7, 11) is 3.94. The Morgan fingerprint density at radius 1 is 0.966 bits per heavy atom. The second kappa shape index (κ2) is 7.16. The molecule has 0 bridgehead atoms. The predicted octanol–water partition coefficient (Wildman–Crippen LogP) is 6.06. The van der Waals surface area contributed by atoms with Crippen LogP contribution >= 0.6 is 0 Å². The molecular formula is C22H19F3N4. The molecule has 4 nitrogen and oxygen atoms in total. The lowest BCUT2D eigenvalue weighted by atomic mass is 10.1. The average Bonchev–Trinajstić information content (AvgIpc) is 3.11. The highest BCUT2D eigenvalue weighted by Crippen LogP contribution is 2.33. The molecule has 7 heteroatoms. The molecule has 0 aliphatic rings. The number of nitrogens with one attached hydrogen (secondary N) is 2. The quantitative estimate of drug-likeness (QED) is 0.441. The van der Waals surface area contributed by atoms with E-state index in [0.717, 1.165) is 34.4 Å². The van der Waals surface area contributed by atoms with Crippen molar-refractivity contribution in [3.05, 3.63) is 72.4 Å². The van der Waals surface area contributed by atoms with E-state index in [1.807, 2.05) is 49.3 Å². The molecule has 0 amide bonds. The van der Waals surface area contributed by atoms with E-state index in [1.54, 1.807) is 18.3 Å². The number of aromatic amines is 1. The van der Waals surface area contributed by atoms with Gasteiger partial charge < -0.3 is 15.2 Å².